The number of imidazole rings is 1. The molecule has 3 aromatic rings. The number of carbonyl (C=O) groups is 1. The van der Waals surface area contributed by atoms with Gasteiger partial charge in [-0.2, -0.15) is 5.26 Å². The van der Waals surface area contributed by atoms with Crippen molar-refractivity contribution in [3.05, 3.63) is 83.2 Å². The van der Waals surface area contributed by atoms with Gasteiger partial charge in [0.25, 0.3) is 0 Å². The fourth-order valence-electron chi connectivity index (χ4n) is 3.87. The summed E-state index contributed by atoms with van der Waals surface area (Å²) >= 11 is 0. The Kier molecular flexibility index (Phi) is 5.48. The highest BCUT2D eigenvalue weighted by Crippen LogP contribution is 2.29. The van der Waals surface area contributed by atoms with E-state index in [2.05, 4.69) is 21.3 Å². The summed E-state index contributed by atoms with van der Waals surface area (Å²) in [6, 6.07) is 13.8. The predicted molar refractivity (Wildman–Crippen MR) is 111 cm³/mol. The number of nitrogens with one attached hydrogen (secondary N) is 1. The lowest BCUT2D eigenvalue weighted by atomic mass is 9.95. The van der Waals surface area contributed by atoms with E-state index in [1.807, 2.05) is 36.0 Å². The number of rotatable bonds is 5. The summed E-state index contributed by atoms with van der Waals surface area (Å²) in [5, 5.41) is 12.4. The molecular formula is C23H22FN5O. The third kappa shape index (κ3) is 4.33. The Morgan fingerprint density at radius 2 is 2.10 bits per heavy atom. The smallest absolute Gasteiger partial charge is 0.224 e. The van der Waals surface area contributed by atoms with Gasteiger partial charge in [-0.05, 0) is 47.9 Å². The number of anilines is 1. The van der Waals surface area contributed by atoms with Gasteiger partial charge in [-0.15, -0.1) is 0 Å². The number of amides is 1. The van der Waals surface area contributed by atoms with Gasteiger partial charge in [0.05, 0.1) is 42.7 Å². The number of aromatic nitrogens is 2. The van der Waals surface area contributed by atoms with Crippen LogP contribution < -0.4 is 10.2 Å². The van der Waals surface area contributed by atoms with Gasteiger partial charge in [0.2, 0.25) is 5.91 Å². The van der Waals surface area contributed by atoms with E-state index in [1.54, 1.807) is 18.5 Å². The number of nitrogens with zero attached hydrogens (tertiary/aromatic N) is 4. The second kappa shape index (κ2) is 8.37. The molecule has 0 fully saturated rings. The normalized spacial score (nSPS) is 15.4. The molecule has 1 aromatic heterocycles. The van der Waals surface area contributed by atoms with Gasteiger partial charge in [-0.3, -0.25) is 4.79 Å². The number of benzene rings is 2. The highest BCUT2D eigenvalue weighted by atomic mass is 19.1. The first-order valence-electron chi connectivity index (χ1n) is 9.79. The SMILES string of the molecule is Cn1cncc1CN1CC(NC(=O)Cc2ccc(F)cc2)Cc2cc(C#N)ccc21. The predicted octanol–water partition coefficient (Wildman–Crippen LogP) is 2.72. The summed E-state index contributed by atoms with van der Waals surface area (Å²) in [6.07, 6.45) is 4.45. The maximum Gasteiger partial charge on any atom is 0.224 e. The molecule has 4 rings (SSSR count). The fraction of sp³-hybridized carbons (Fsp3) is 0.261. The molecule has 0 aliphatic carbocycles. The molecule has 2 heterocycles. The van der Waals surface area contributed by atoms with E-state index in [4.69, 9.17) is 0 Å². The van der Waals surface area contributed by atoms with Crippen molar-refractivity contribution in [1.29, 1.82) is 5.26 Å². The van der Waals surface area contributed by atoms with E-state index >= 15 is 0 Å². The van der Waals surface area contributed by atoms with E-state index in [1.165, 1.54) is 12.1 Å². The van der Waals surface area contributed by atoms with Crippen LogP contribution in [0, 0.1) is 17.1 Å². The topological polar surface area (TPSA) is 74.0 Å². The number of carbonyl (C=O) groups excluding carboxylic acids is 1. The summed E-state index contributed by atoms with van der Waals surface area (Å²) in [5.74, 6) is -0.422. The number of halogens is 1. The minimum atomic E-state index is -0.317. The molecular weight excluding hydrogens is 381 g/mol. The second-order valence-electron chi connectivity index (χ2n) is 7.60. The average molecular weight is 403 g/mol. The van der Waals surface area contributed by atoms with E-state index < -0.39 is 0 Å². The first-order chi connectivity index (χ1) is 14.5. The van der Waals surface area contributed by atoms with Gasteiger partial charge in [-0.25, -0.2) is 9.37 Å². The zero-order valence-electron chi connectivity index (χ0n) is 16.7. The molecule has 1 atom stereocenters. The van der Waals surface area contributed by atoms with Crippen molar-refractivity contribution >= 4 is 11.6 Å². The Morgan fingerprint density at radius 1 is 1.30 bits per heavy atom. The lowest BCUT2D eigenvalue weighted by Gasteiger charge is -2.36. The maximum absolute atomic E-state index is 13.1. The molecule has 7 heteroatoms. The van der Waals surface area contributed by atoms with E-state index in [-0.39, 0.29) is 24.2 Å². The summed E-state index contributed by atoms with van der Waals surface area (Å²) in [5.41, 5.74) is 4.54. The van der Waals surface area contributed by atoms with Crippen LogP contribution in [-0.4, -0.2) is 28.0 Å². The van der Waals surface area contributed by atoms with Gasteiger partial charge < -0.3 is 14.8 Å². The molecule has 0 spiro atoms. The first-order valence-corrected chi connectivity index (χ1v) is 9.79. The highest BCUT2D eigenvalue weighted by Gasteiger charge is 2.26. The Bertz CT molecular complexity index is 1100. The van der Waals surface area contributed by atoms with Crippen molar-refractivity contribution in [2.24, 2.45) is 7.05 Å². The summed E-state index contributed by atoms with van der Waals surface area (Å²) in [4.78, 5) is 19.0. The van der Waals surface area contributed by atoms with Crippen molar-refractivity contribution in [1.82, 2.24) is 14.9 Å². The Balaban J connectivity index is 1.52. The van der Waals surface area contributed by atoms with Gasteiger partial charge in [-0.1, -0.05) is 12.1 Å². The zero-order valence-corrected chi connectivity index (χ0v) is 16.7. The fourth-order valence-corrected chi connectivity index (χ4v) is 3.87. The lowest BCUT2D eigenvalue weighted by molar-refractivity contribution is -0.121. The second-order valence-corrected chi connectivity index (χ2v) is 7.60. The first kappa shape index (κ1) is 19.6. The van der Waals surface area contributed by atoms with E-state index in [9.17, 15) is 14.4 Å². The molecule has 0 saturated heterocycles. The van der Waals surface area contributed by atoms with E-state index in [0.717, 1.165) is 22.5 Å². The Labute approximate surface area is 174 Å². The quantitative estimate of drug-likeness (QED) is 0.711. The molecule has 2 aromatic carbocycles. The average Bonchev–Trinajstić information content (AvgIpc) is 3.13. The number of nitriles is 1. The highest BCUT2D eigenvalue weighted by molar-refractivity contribution is 5.79. The molecule has 1 aliphatic heterocycles. The van der Waals surface area contributed by atoms with E-state index in [0.29, 0.717) is 25.1 Å². The van der Waals surface area contributed by atoms with Gasteiger partial charge in [0.1, 0.15) is 5.82 Å². The minimum absolute atomic E-state index is 0.0902. The molecule has 30 heavy (non-hydrogen) atoms. The Hall–Kier alpha value is -3.66. The van der Waals surface area contributed by atoms with Gasteiger partial charge in [0.15, 0.2) is 0 Å². The van der Waals surface area contributed by atoms with Crippen molar-refractivity contribution in [3.63, 3.8) is 0 Å². The van der Waals surface area contributed by atoms with Crippen molar-refractivity contribution in [2.75, 3.05) is 11.4 Å². The Morgan fingerprint density at radius 3 is 2.80 bits per heavy atom. The zero-order chi connectivity index (χ0) is 21.1. The molecule has 6 nitrogen and oxygen atoms in total. The number of fused-ring (bicyclic) bond motifs is 1. The summed E-state index contributed by atoms with van der Waals surface area (Å²) in [7, 11) is 1.95. The minimum Gasteiger partial charge on any atom is -0.363 e. The van der Waals surface area contributed by atoms with Gasteiger partial charge in [0, 0.05) is 25.5 Å². The van der Waals surface area contributed by atoms with Crippen molar-refractivity contribution < 1.29 is 9.18 Å². The van der Waals surface area contributed by atoms with Crippen LogP contribution >= 0.6 is 0 Å². The van der Waals surface area contributed by atoms with Crippen LogP contribution in [0.3, 0.4) is 0 Å². The summed E-state index contributed by atoms with van der Waals surface area (Å²) < 4.78 is 15.1. The summed E-state index contributed by atoms with van der Waals surface area (Å²) in [6.45, 7) is 1.30. The van der Waals surface area contributed by atoms with Crippen LogP contribution in [0.1, 0.15) is 22.4 Å². The maximum atomic E-state index is 13.1. The third-order valence-electron chi connectivity index (χ3n) is 5.37. The van der Waals surface area contributed by atoms with Crippen LogP contribution in [0.5, 0.6) is 0 Å². The van der Waals surface area contributed by atoms with Crippen LogP contribution in [0.15, 0.2) is 55.0 Å². The van der Waals surface area contributed by atoms with Crippen molar-refractivity contribution in [3.8, 4) is 6.07 Å². The van der Waals surface area contributed by atoms with Crippen molar-refractivity contribution in [2.45, 2.75) is 25.4 Å². The molecule has 0 radical (unpaired) electrons. The molecule has 0 saturated carbocycles. The number of hydrogen-bond acceptors (Lipinski definition) is 4. The van der Waals surface area contributed by atoms with Crippen LogP contribution in [0.25, 0.3) is 0 Å². The standard InChI is InChI=1S/C23H22FN5O/c1-28-15-26-12-21(28)14-29-13-20(10-18-8-17(11-25)4-7-22(18)29)27-23(30)9-16-2-5-19(24)6-3-16/h2-8,12,15,20H,9-10,13-14H2,1H3,(H,27,30). The number of aryl methyl sites for hydroxylation is 1. The molecule has 1 aliphatic rings. The van der Waals surface area contributed by atoms with Crippen LogP contribution in [0.2, 0.25) is 0 Å². The molecule has 1 amide bonds. The lowest BCUT2D eigenvalue weighted by Crippen LogP contribution is -2.48. The molecule has 152 valence electrons. The third-order valence-corrected chi connectivity index (χ3v) is 5.37. The number of hydrogen-bond donors (Lipinski definition) is 1. The largest absolute Gasteiger partial charge is 0.363 e. The molecule has 1 unspecified atom stereocenters. The molecule has 0 bridgehead atoms. The molecule has 1 N–H and O–H groups in total. The van der Waals surface area contributed by atoms with Gasteiger partial charge >= 0.3 is 0 Å². The van der Waals surface area contributed by atoms with Crippen LogP contribution in [-0.2, 0) is 31.2 Å². The van der Waals surface area contributed by atoms with Crippen LogP contribution in [0.4, 0.5) is 10.1 Å². The monoisotopic (exact) mass is 403 g/mol.